The van der Waals surface area contributed by atoms with Crippen LogP contribution in [0.3, 0.4) is 0 Å². The highest BCUT2D eigenvalue weighted by atomic mass is 35.5. The first kappa shape index (κ1) is 17.2. The van der Waals surface area contributed by atoms with Crippen LogP contribution in [0, 0.1) is 17.1 Å². The van der Waals surface area contributed by atoms with Gasteiger partial charge < -0.3 is 9.42 Å². The van der Waals surface area contributed by atoms with Gasteiger partial charge in [0.2, 0.25) is 0 Å². The minimum absolute atomic E-state index is 0.0826. The van der Waals surface area contributed by atoms with Crippen LogP contribution in [-0.4, -0.2) is 30.2 Å². The van der Waals surface area contributed by atoms with Crippen LogP contribution in [0.25, 0.3) is 16.8 Å². The molecular weight excluding hydrogens is 317 g/mol. The van der Waals surface area contributed by atoms with Crippen molar-refractivity contribution in [3.8, 4) is 17.3 Å². The third-order valence-corrected chi connectivity index (χ3v) is 3.93. The molecule has 0 saturated heterocycles. The fraction of sp³-hybridized carbons (Fsp3) is 0.294. The average molecular weight is 334 g/mol. The topological polar surface area (TPSA) is 53.1 Å². The van der Waals surface area contributed by atoms with Gasteiger partial charge in [0.15, 0.2) is 5.76 Å². The summed E-state index contributed by atoms with van der Waals surface area (Å²) < 4.78 is 19.4. The molecule has 0 atom stereocenters. The van der Waals surface area contributed by atoms with E-state index >= 15 is 0 Å². The number of aromatic nitrogens is 1. The largest absolute Gasteiger partial charge is 0.355 e. The molecule has 0 aliphatic rings. The van der Waals surface area contributed by atoms with Crippen LogP contribution in [0.4, 0.5) is 4.39 Å². The lowest BCUT2D eigenvalue weighted by Crippen LogP contribution is -2.17. The van der Waals surface area contributed by atoms with Crippen LogP contribution in [0.2, 0.25) is 5.02 Å². The third kappa shape index (κ3) is 3.61. The molecule has 0 bridgehead atoms. The summed E-state index contributed by atoms with van der Waals surface area (Å²) in [5.41, 5.74) is 1.17. The molecule has 0 radical (unpaired) electrons. The molecule has 0 unspecified atom stereocenters. The standard InChI is InChI=1S/C17H17ClFN3O/c1-4-22(3)9-8-11(2)17-12(10-20)16(21-23-17)15-13(18)6-5-7-14(15)19/h5-8H,4,9H2,1-3H3. The minimum atomic E-state index is -0.541. The first-order chi connectivity index (χ1) is 11.0. The zero-order valence-electron chi connectivity index (χ0n) is 13.2. The normalized spacial score (nSPS) is 11.8. The molecule has 2 aromatic rings. The van der Waals surface area contributed by atoms with Gasteiger partial charge in [-0.05, 0) is 38.2 Å². The molecule has 0 fully saturated rings. The molecule has 1 aromatic carbocycles. The third-order valence-electron chi connectivity index (χ3n) is 3.61. The number of rotatable bonds is 5. The molecule has 1 heterocycles. The van der Waals surface area contributed by atoms with Gasteiger partial charge in [-0.3, -0.25) is 0 Å². The summed E-state index contributed by atoms with van der Waals surface area (Å²) in [6.07, 6.45) is 1.94. The summed E-state index contributed by atoms with van der Waals surface area (Å²) in [5, 5.41) is 13.5. The van der Waals surface area contributed by atoms with Crippen molar-refractivity contribution in [2.45, 2.75) is 13.8 Å². The van der Waals surface area contributed by atoms with Gasteiger partial charge in [-0.1, -0.05) is 35.8 Å². The smallest absolute Gasteiger partial charge is 0.180 e. The summed E-state index contributed by atoms with van der Waals surface area (Å²) >= 11 is 6.05. The van der Waals surface area contributed by atoms with Gasteiger partial charge in [0.25, 0.3) is 0 Å². The van der Waals surface area contributed by atoms with Crippen molar-refractivity contribution in [3.63, 3.8) is 0 Å². The highest BCUT2D eigenvalue weighted by Crippen LogP contribution is 2.34. The van der Waals surface area contributed by atoms with Crippen LogP contribution >= 0.6 is 11.6 Å². The average Bonchev–Trinajstić information content (AvgIpc) is 2.95. The lowest BCUT2D eigenvalue weighted by molar-refractivity contribution is 0.390. The lowest BCUT2D eigenvalue weighted by Gasteiger charge is -2.10. The highest BCUT2D eigenvalue weighted by molar-refractivity contribution is 6.33. The molecule has 0 aliphatic carbocycles. The van der Waals surface area contributed by atoms with Crippen LogP contribution < -0.4 is 0 Å². The summed E-state index contributed by atoms with van der Waals surface area (Å²) in [4.78, 5) is 2.10. The van der Waals surface area contributed by atoms with E-state index < -0.39 is 5.82 Å². The van der Waals surface area contributed by atoms with Gasteiger partial charge >= 0.3 is 0 Å². The Balaban J connectivity index is 2.48. The zero-order chi connectivity index (χ0) is 17.0. The van der Waals surface area contributed by atoms with E-state index in [9.17, 15) is 9.65 Å². The van der Waals surface area contributed by atoms with E-state index in [0.29, 0.717) is 12.3 Å². The number of nitrogens with zero attached hydrogens (tertiary/aromatic N) is 3. The number of hydrogen-bond acceptors (Lipinski definition) is 4. The van der Waals surface area contributed by atoms with E-state index in [1.54, 1.807) is 6.07 Å². The zero-order valence-corrected chi connectivity index (χ0v) is 14.0. The Morgan fingerprint density at radius 3 is 2.87 bits per heavy atom. The number of hydrogen-bond donors (Lipinski definition) is 0. The Kier molecular flexibility index (Phi) is 5.54. The Morgan fingerprint density at radius 1 is 1.52 bits per heavy atom. The minimum Gasteiger partial charge on any atom is -0.355 e. The highest BCUT2D eigenvalue weighted by Gasteiger charge is 2.22. The van der Waals surface area contributed by atoms with Crippen LogP contribution in [0.5, 0.6) is 0 Å². The molecule has 120 valence electrons. The Morgan fingerprint density at radius 2 is 2.26 bits per heavy atom. The molecule has 0 saturated carbocycles. The van der Waals surface area contributed by atoms with Crippen LogP contribution in [0.1, 0.15) is 25.2 Å². The van der Waals surface area contributed by atoms with Crippen molar-refractivity contribution in [1.29, 1.82) is 5.26 Å². The SMILES string of the molecule is CCN(C)CC=C(C)c1onc(-c2c(F)cccc2Cl)c1C#N. The maximum atomic E-state index is 14.1. The second-order valence-corrected chi connectivity index (χ2v) is 5.59. The summed E-state index contributed by atoms with van der Waals surface area (Å²) in [6, 6.07) is 6.37. The first-order valence-corrected chi connectivity index (χ1v) is 7.57. The Hall–Kier alpha value is -2.16. The predicted octanol–water partition coefficient (Wildman–Crippen LogP) is 4.36. The molecule has 23 heavy (non-hydrogen) atoms. The van der Waals surface area contributed by atoms with Gasteiger partial charge in [0.05, 0.1) is 10.6 Å². The number of nitriles is 1. The predicted molar refractivity (Wildman–Crippen MR) is 88.4 cm³/mol. The molecule has 0 amide bonds. The maximum absolute atomic E-state index is 14.1. The molecule has 0 N–H and O–H groups in total. The lowest BCUT2D eigenvalue weighted by atomic mass is 10.0. The number of halogens is 2. The first-order valence-electron chi connectivity index (χ1n) is 7.19. The van der Waals surface area contributed by atoms with Crippen molar-refractivity contribution >= 4 is 17.2 Å². The molecule has 6 heteroatoms. The quantitative estimate of drug-likeness (QED) is 0.815. The molecule has 2 rings (SSSR count). The van der Waals surface area contributed by atoms with Crippen molar-refractivity contribution < 1.29 is 8.91 Å². The van der Waals surface area contributed by atoms with E-state index in [4.69, 9.17) is 16.1 Å². The van der Waals surface area contributed by atoms with Gasteiger partial charge in [-0.2, -0.15) is 5.26 Å². The Labute approximate surface area is 139 Å². The number of likely N-dealkylation sites (N-methyl/N-ethyl adjacent to an activating group) is 1. The summed E-state index contributed by atoms with van der Waals surface area (Å²) in [6.45, 7) is 5.50. The van der Waals surface area contributed by atoms with Crippen molar-refractivity contribution in [3.05, 3.63) is 46.4 Å². The van der Waals surface area contributed by atoms with Gasteiger partial charge in [0.1, 0.15) is 23.1 Å². The van der Waals surface area contributed by atoms with E-state index in [1.165, 1.54) is 12.1 Å². The van der Waals surface area contributed by atoms with Crippen LogP contribution in [-0.2, 0) is 0 Å². The maximum Gasteiger partial charge on any atom is 0.180 e. The van der Waals surface area contributed by atoms with Crippen molar-refractivity contribution in [1.82, 2.24) is 10.1 Å². The molecule has 0 aliphatic heterocycles. The molecule has 4 nitrogen and oxygen atoms in total. The monoisotopic (exact) mass is 333 g/mol. The molecule has 1 aromatic heterocycles. The summed E-state index contributed by atoms with van der Waals surface area (Å²) in [5.74, 6) is -0.201. The summed E-state index contributed by atoms with van der Waals surface area (Å²) in [7, 11) is 1.99. The van der Waals surface area contributed by atoms with E-state index in [2.05, 4.69) is 17.0 Å². The van der Waals surface area contributed by atoms with Gasteiger partial charge in [-0.15, -0.1) is 0 Å². The van der Waals surface area contributed by atoms with E-state index in [-0.39, 0.29) is 21.8 Å². The fourth-order valence-corrected chi connectivity index (χ4v) is 2.32. The fourth-order valence-electron chi connectivity index (χ4n) is 2.07. The van der Waals surface area contributed by atoms with Gasteiger partial charge in [0, 0.05) is 6.54 Å². The second kappa shape index (κ2) is 7.40. The van der Waals surface area contributed by atoms with E-state index in [0.717, 1.165) is 12.1 Å². The van der Waals surface area contributed by atoms with Crippen molar-refractivity contribution in [2.24, 2.45) is 0 Å². The molecule has 0 spiro atoms. The van der Waals surface area contributed by atoms with Crippen molar-refractivity contribution in [2.75, 3.05) is 20.1 Å². The second-order valence-electron chi connectivity index (χ2n) is 5.19. The number of benzene rings is 1. The van der Waals surface area contributed by atoms with Gasteiger partial charge in [-0.25, -0.2) is 4.39 Å². The van der Waals surface area contributed by atoms with E-state index in [1.807, 2.05) is 26.1 Å². The molecular formula is C17H17ClFN3O. The number of allylic oxidation sites excluding steroid dienone is 1. The Bertz CT molecular complexity index is 756. The van der Waals surface area contributed by atoms with Crippen LogP contribution in [0.15, 0.2) is 28.8 Å².